The predicted octanol–water partition coefficient (Wildman–Crippen LogP) is 3.36. The first kappa shape index (κ1) is 12.6. The Morgan fingerprint density at radius 1 is 1.11 bits per heavy atom. The monoisotopic (exact) mass is 244 g/mol. The van der Waals surface area contributed by atoms with Crippen molar-refractivity contribution >= 4 is 11.4 Å². The van der Waals surface area contributed by atoms with Gasteiger partial charge in [0.05, 0.1) is 0 Å². The molecule has 0 heterocycles. The molecule has 94 valence electrons. The van der Waals surface area contributed by atoms with Crippen LogP contribution in [0.2, 0.25) is 0 Å². The van der Waals surface area contributed by atoms with Gasteiger partial charge in [0, 0.05) is 25.0 Å². The largest absolute Gasteiger partial charge is 0.345 e. The van der Waals surface area contributed by atoms with E-state index < -0.39 is 0 Å². The summed E-state index contributed by atoms with van der Waals surface area (Å²) in [5.41, 5.74) is 9.37. The summed E-state index contributed by atoms with van der Waals surface area (Å²) in [7, 11) is 1.96. The highest BCUT2D eigenvalue weighted by Gasteiger charge is 2.06. The van der Waals surface area contributed by atoms with Crippen LogP contribution in [0.3, 0.4) is 0 Å². The first-order valence-corrected chi connectivity index (χ1v) is 5.90. The number of benzene rings is 2. The van der Waals surface area contributed by atoms with E-state index in [0.717, 1.165) is 16.9 Å². The van der Waals surface area contributed by atoms with Crippen molar-refractivity contribution in [2.24, 2.45) is 5.73 Å². The van der Waals surface area contributed by atoms with E-state index in [2.05, 4.69) is 0 Å². The highest BCUT2D eigenvalue weighted by Crippen LogP contribution is 2.25. The van der Waals surface area contributed by atoms with Gasteiger partial charge >= 0.3 is 0 Å². The van der Waals surface area contributed by atoms with Gasteiger partial charge in [-0.3, -0.25) is 0 Å². The second-order valence-electron chi connectivity index (χ2n) is 4.37. The van der Waals surface area contributed by atoms with Crippen molar-refractivity contribution in [3.05, 3.63) is 59.4 Å². The van der Waals surface area contributed by atoms with Crippen LogP contribution in [-0.2, 0) is 6.54 Å². The lowest BCUT2D eigenvalue weighted by atomic mass is 10.1. The standard InChI is InChI=1S/C15H17FN2/c1-11-8-14(6-7-15(11)16)18(2)13-5-3-4-12(9-13)10-17/h3-9H,10,17H2,1-2H3. The SMILES string of the molecule is Cc1cc(N(C)c2cccc(CN)c2)ccc1F. The molecule has 0 saturated carbocycles. The van der Waals surface area contributed by atoms with Crippen molar-refractivity contribution in [1.82, 2.24) is 0 Å². The minimum atomic E-state index is -0.178. The quantitative estimate of drug-likeness (QED) is 0.897. The topological polar surface area (TPSA) is 29.3 Å². The summed E-state index contributed by atoms with van der Waals surface area (Å²) in [6.07, 6.45) is 0. The molecule has 0 atom stereocenters. The lowest BCUT2D eigenvalue weighted by Crippen LogP contribution is -2.10. The van der Waals surface area contributed by atoms with Gasteiger partial charge in [-0.05, 0) is 48.4 Å². The average Bonchev–Trinajstić information content (AvgIpc) is 2.41. The van der Waals surface area contributed by atoms with Crippen molar-refractivity contribution in [2.45, 2.75) is 13.5 Å². The number of nitrogens with two attached hydrogens (primary N) is 1. The number of aryl methyl sites for hydroxylation is 1. The number of rotatable bonds is 3. The van der Waals surface area contributed by atoms with Gasteiger partial charge in [-0.15, -0.1) is 0 Å². The van der Waals surface area contributed by atoms with Crippen molar-refractivity contribution in [1.29, 1.82) is 0 Å². The second-order valence-corrected chi connectivity index (χ2v) is 4.37. The second kappa shape index (κ2) is 5.19. The Morgan fingerprint density at radius 3 is 2.50 bits per heavy atom. The normalized spacial score (nSPS) is 10.4. The summed E-state index contributed by atoms with van der Waals surface area (Å²) in [6, 6.07) is 13.1. The van der Waals surface area contributed by atoms with Crippen LogP contribution in [-0.4, -0.2) is 7.05 Å². The van der Waals surface area contributed by atoms with E-state index >= 15 is 0 Å². The van der Waals surface area contributed by atoms with Gasteiger partial charge < -0.3 is 10.6 Å². The molecule has 0 aromatic heterocycles. The van der Waals surface area contributed by atoms with Crippen LogP contribution >= 0.6 is 0 Å². The summed E-state index contributed by atoms with van der Waals surface area (Å²) in [6.45, 7) is 2.28. The smallest absolute Gasteiger partial charge is 0.126 e. The van der Waals surface area contributed by atoms with Gasteiger partial charge in [0.2, 0.25) is 0 Å². The van der Waals surface area contributed by atoms with Crippen LogP contribution in [0, 0.1) is 12.7 Å². The van der Waals surface area contributed by atoms with Crippen LogP contribution in [0.1, 0.15) is 11.1 Å². The van der Waals surface area contributed by atoms with Gasteiger partial charge in [-0.25, -0.2) is 4.39 Å². The molecule has 0 aliphatic carbocycles. The van der Waals surface area contributed by atoms with Crippen LogP contribution in [0.15, 0.2) is 42.5 Å². The van der Waals surface area contributed by atoms with E-state index in [1.807, 2.05) is 42.3 Å². The molecular formula is C15H17FN2. The molecule has 2 aromatic rings. The fourth-order valence-corrected chi connectivity index (χ4v) is 1.88. The third-order valence-electron chi connectivity index (χ3n) is 3.06. The third-order valence-corrected chi connectivity index (χ3v) is 3.06. The highest BCUT2D eigenvalue weighted by molar-refractivity contribution is 5.63. The molecule has 18 heavy (non-hydrogen) atoms. The highest BCUT2D eigenvalue weighted by atomic mass is 19.1. The number of hydrogen-bond acceptors (Lipinski definition) is 2. The van der Waals surface area contributed by atoms with E-state index in [1.54, 1.807) is 13.0 Å². The summed E-state index contributed by atoms with van der Waals surface area (Å²) in [5.74, 6) is -0.178. The fraction of sp³-hybridized carbons (Fsp3) is 0.200. The average molecular weight is 244 g/mol. The maximum absolute atomic E-state index is 13.2. The van der Waals surface area contributed by atoms with Gasteiger partial charge in [-0.2, -0.15) is 0 Å². The zero-order valence-electron chi connectivity index (χ0n) is 10.7. The minimum absolute atomic E-state index is 0.178. The van der Waals surface area contributed by atoms with Crippen LogP contribution < -0.4 is 10.6 Å². The summed E-state index contributed by atoms with van der Waals surface area (Å²) in [4.78, 5) is 2.02. The lowest BCUT2D eigenvalue weighted by molar-refractivity contribution is 0.618. The van der Waals surface area contributed by atoms with Gasteiger partial charge in [-0.1, -0.05) is 12.1 Å². The number of halogens is 1. The lowest BCUT2D eigenvalue weighted by Gasteiger charge is -2.20. The molecule has 0 aliphatic rings. The number of nitrogens with zero attached hydrogens (tertiary/aromatic N) is 1. The molecule has 0 amide bonds. The molecule has 0 aliphatic heterocycles. The Morgan fingerprint density at radius 2 is 1.83 bits per heavy atom. The molecule has 0 saturated heterocycles. The van der Waals surface area contributed by atoms with Crippen molar-refractivity contribution in [3.8, 4) is 0 Å². The molecule has 0 fully saturated rings. The molecular weight excluding hydrogens is 227 g/mol. The molecule has 2 N–H and O–H groups in total. The van der Waals surface area contributed by atoms with Gasteiger partial charge in [0.15, 0.2) is 0 Å². The Bertz CT molecular complexity index is 552. The summed E-state index contributed by atoms with van der Waals surface area (Å²) < 4.78 is 13.2. The fourth-order valence-electron chi connectivity index (χ4n) is 1.88. The van der Waals surface area contributed by atoms with Gasteiger partial charge in [0.25, 0.3) is 0 Å². The van der Waals surface area contributed by atoms with Crippen LogP contribution in [0.4, 0.5) is 15.8 Å². The van der Waals surface area contributed by atoms with Gasteiger partial charge in [0.1, 0.15) is 5.82 Å². The Labute approximate surface area is 107 Å². The predicted molar refractivity (Wildman–Crippen MR) is 73.5 cm³/mol. The zero-order chi connectivity index (χ0) is 13.1. The molecule has 0 spiro atoms. The summed E-state index contributed by atoms with van der Waals surface area (Å²) >= 11 is 0. The van der Waals surface area contributed by atoms with E-state index in [9.17, 15) is 4.39 Å². The van der Waals surface area contributed by atoms with Crippen molar-refractivity contribution in [3.63, 3.8) is 0 Å². The summed E-state index contributed by atoms with van der Waals surface area (Å²) in [5, 5.41) is 0. The molecule has 0 unspecified atom stereocenters. The van der Waals surface area contributed by atoms with E-state index in [0.29, 0.717) is 12.1 Å². The number of hydrogen-bond donors (Lipinski definition) is 1. The Kier molecular flexibility index (Phi) is 3.63. The maximum atomic E-state index is 13.2. The Balaban J connectivity index is 2.34. The Hall–Kier alpha value is -1.87. The molecule has 0 radical (unpaired) electrons. The van der Waals surface area contributed by atoms with Crippen molar-refractivity contribution in [2.75, 3.05) is 11.9 Å². The van der Waals surface area contributed by atoms with E-state index in [-0.39, 0.29) is 5.82 Å². The molecule has 2 nitrogen and oxygen atoms in total. The minimum Gasteiger partial charge on any atom is -0.345 e. The van der Waals surface area contributed by atoms with Crippen LogP contribution in [0.5, 0.6) is 0 Å². The third kappa shape index (κ3) is 2.51. The molecule has 2 rings (SSSR count). The first-order chi connectivity index (χ1) is 8.61. The molecule has 0 bridgehead atoms. The van der Waals surface area contributed by atoms with Crippen LogP contribution in [0.25, 0.3) is 0 Å². The molecule has 2 aromatic carbocycles. The van der Waals surface area contributed by atoms with E-state index in [1.165, 1.54) is 6.07 Å². The van der Waals surface area contributed by atoms with E-state index in [4.69, 9.17) is 5.73 Å². The van der Waals surface area contributed by atoms with Crippen molar-refractivity contribution < 1.29 is 4.39 Å². The number of anilines is 2. The first-order valence-electron chi connectivity index (χ1n) is 5.90. The zero-order valence-corrected chi connectivity index (χ0v) is 10.7. The molecule has 3 heteroatoms. The maximum Gasteiger partial charge on any atom is 0.126 e.